The van der Waals surface area contributed by atoms with Crippen molar-refractivity contribution in [3.8, 4) is 11.8 Å². The number of thiophene rings is 1. The Hall–Kier alpha value is -2.16. The first kappa shape index (κ1) is 22.0. The van der Waals surface area contributed by atoms with Gasteiger partial charge in [0.15, 0.2) is 6.61 Å². The van der Waals surface area contributed by atoms with Crippen molar-refractivity contribution in [2.75, 3.05) is 38.2 Å². The lowest BCUT2D eigenvalue weighted by Gasteiger charge is -2.26. The van der Waals surface area contributed by atoms with Crippen molar-refractivity contribution in [3.63, 3.8) is 0 Å². The Morgan fingerprint density at radius 3 is 2.81 bits per heavy atom. The van der Waals surface area contributed by atoms with Crippen LogP contribution in [0, 0.1) is 11.3 Å². The summed E-state index contributed by atoms with van der Waals surface area (Å²) < 4.78 is 37.5. The minimum Gasteiger partial charge on any atom is -0.482 e. The van der Waals surface area contributed by atoms with E-state index in [1.165, 1.54) is 33.8 Å². The van der Waals surface area contributed by atoms with Crippen molar-refractivity contribution in [1.82, 2.24) is 4.31 Å². The number of sulfonamides is 1. The molecule has 0 unspecified atom stereocenters. The summed E-state index contributed by atoms with van der Waals surface area (Å²) in [6.07, 6.45) is 2.82. The summed E-state index contributed by atoms with van der Waals surface area (Å²) in [4.78, 5) is 13.5. The van der Waals surface area contributed by atoms with Crippen molar-refractivity contribution < 1.29 is 22.7 Å². The minimum atomic E-state index is -3.67. The molecular formula is C20H20ClN3O5S2. The molecule has 2 heterocycles. The summed E-state index contributed by atoms with van der Waals surface area (Å²) >= 11 is 7.64. The maximum absolute atomic E-state index is 12.7. The smallest absolute Gasteiger partial charge is 0.262 e. The lowest BCUT2D eigenvalue weighted by atomic mass is 10.1. The molecule has 1 fully saturated rings. The summed E-state index contributed by atoms with van der Waals surface area (Å²) in [5.41, 5.74) is 1.56. The van der Waals surface area contributed by atoms with E-state index in [4.69, 9.17) is 21.1 Å². The SMILES string of the molecule is N#Cc1c(NC(=O)COc2ccc(S(=O)(=O)N3CCOCC3)cc2Cl)sc2c1CCC2. The molecule has 0 spiro atoms. The van der Waals surface area contributed by atoms with Crippen LogP contribution in [0.1, 0.15) is 22.4 Å². The molecule has 31 heavy (non-hydrogen) atoms. The summed E-state index contributed by atoms with van der Waals surface area (Å²) in [5, 5.41) is 12.8. The second-order valence-corrected chi connectivity index (χ2v) is 10.6. The molecule has 8 nitrogen and oxygen atoms in total. The van der Waals surface area contributed by atoms with E-state index in [-0.39, 0.29) is 35.4 Å². The van der Waals surface area contributed by atoms with E-state index in [2.05, 4.69) is 11.4 Å². The molecule has 1 aromatic carbocycles. The second-order valence-electron chi connectivity index (χ2n) is 7.12. The Labute approximate surface area is 189 Å². The number of anilines is 1. The zero-order valence-electron chi connectivity index (χ0n) is 16.5. The van der Waals surface area contributed by atoms with Crippen LogP contribution in [0.25, 0.3) is 0 Å². The number of carbonyl (C=O) groups excluding carboxylic acids is 1. The summed E-state index contributed by atoms with van der Waals surface area (Å²) in [5.74, 6) is -0.218. The van der Waals surface area contributed by atoms with Gasteiger partial charge in [-0.25, -0.2) is 8.42 Å². The number of fused-ring (bicyclic) bond motifs is 1. The van der Waals surface area contributed by atoms with Crippen LogP contribution in [0.4, 0.5) is 5.00 Å². The summed E-state index contributed by atoms with van der Waals surface area (Å²) in [6.45, 7) is 0.959. The van der Waals surface area contributed by atoms with E-state index in [1.54, 1.807) is 0 Å². The second kappa shape index (κ2) is 9.14. The molecule has 0 radical (unpaired) electrons. The van der Waals surface area contributed by atoms with Gasteiger partial charge in [0, 0.05) is 18.0 Å². The Bertz CT molecular complexity index is 1150. The molecule has 0 saturated carbocycles. The molecule has 11 heteroatoms. The number of nitrogens with one attached hydrogen (secondary N) is 1. The van der Waals surface area contributed by atoms with Crippen molar-refractivity contribution in [2.45, 2.75) is 24.2 Å². The number of halogens is 1. The predicted octanol–water partition coefficient (Wildman–Crippen LogP) is 2.80. The fraction of sp³-hybridized carbons (Fsp3) is 0.400. The number of ether oxygens (including phenoxy) is 2. The Balaban J connectivity index is 1.40. The van der Waals surface area contributed by atoms with Gasteiger partial charge in [0.05, 0.1) is 28.7 Å². The average molecular weight is 482 g/mol. The quantitative estimate of drug-likeness (QED) is 0.679. The molecule has 1 aliphatic heterocycles. The first-order chi connectivity index (χ1) is 14.9. The van der Waals surface area contributed by atoms with Gasteiger partial charge >= 0.3 is 0 Å². The topological polar surface area (TPSA) is 109 Å². The molecular weight excluding hydrogens is 462 g/mol. The highest BCUT2D eigenvalue weighted by atomic mass is 35.5. The third kappa shape index (κ3) is 4.56. The minimum absolute atomic E-state index is 0.0583. The van der Waals surface area contributed by atoms with Crippen molar-refractivity contribution in [2.24, 2.45) is 0 Å². The number of morpholine rings is 1. The van der Waals surface area contributed by atoms with E-state index in [9.17, 15) is 18.5 Å². The van der Waals surface area contributed by atoms with Crippen molar-refractivity contribution in [3.05, 3.63) is 39.2 Å². The normalized spacial score (nSPS) is 16.5. The monoisotopic (exact) mass is 481 g/mol. The summed E-state index contributed by atoms with van der Waals surface area (Å²) in [7, 11) is -3.67. The third-order valence-corrected chi connectivity index (χ3v) is 8.55. The largest absolute Gasteiger partial charge is 0.482 e. The lowest BCUT2D eigenvalue weighted by molar-refractivity contribution is -0.118. The first-order valence-corrected chi connectivity index (χ1v) is 12.4. The fourth-order valence-electron chi connectivity index (χ4n) is 3.61. The van der Waals surface area contributed by atoms with Crippen LogP contribution < -0.4 is 10.1 Å². The van der Waals surface area contributed by atoms with E-state index >= 15 is 0 Å². The Morgan fingerprint density at radius 2 is 2.10 bits per heavy atom. The average Bonchev–Trinajstić information content (AvgIpc) is 3.34. The highest BCUT2D eigenvalue weighted by Crippen LogP contribution is 2.38. The van der Waals surface area contributed by atoms with Crippen LogP contribution >= 0.6 is 22.9 Å². The van der Waals surface area contributed by atoms with Crippen LogP contribution in [-0.2, 0) is 32.4 Å². The Morgan fingerprint density at radius 1 is 1.32 bits per heavy atom. The van der Waals surface area contributed by atoms with Gasteiger partial charge in [-0.2, -0.15) is 9.57 Å². The van der Waals surface area contributed by atoms with Gasteiger partial charge in [0.1, 0.15) is 16.8 Å². The number of benzene rings is 1. The van der Waals surface area contributed by atoms with E-state index in [1.807, 2.05) is 0 Å². The number of nitrogens with zero attached hydrogens (tertiary/aromatic N) is 2. The number of amides is 1. The lowest BCUT2D eigenvalue weighted by Crippen LogP contribution is -2.40. The van der Waals surface area contributed by atoms with Crippen molar-refractivity contribution >= 4 is 43.9 Å². The van der Waals surface area contributed by atoms with E-state index < -0.39 is 15.9 Å². The highest BCUT2D eigenvalue weighted by Gasteiger charge is 2.27. The number of aryl methyl sites for hydroxylation is 1. The molecule has 1 aromatic heterocycles. The number of carbonyl (C=O) groups is 1. The van der Waals surface area contributed by atoms with Gasteiger partial charge in [-0.1, -0.05) is 11.6 Å². The zero-order chi connectivity index (χ0) is 22.0. The maximum Gasteiger partial charge on any atom is 0.262 e. The summed E-state index contributed by atoms with van der Waals surface area (Å²) in [6, 6.07) is 6.33. The molecule has 2 aromatic rings. The van der Waals surface area contributed by atoms with Gasteiger partial charge in [0.25, 0.3) is 5.91 Å². The standard InChI is InChI=1S/C20H20ClN3O5S2/c21-16-10-13(31(26,27)24-6-8-28-9-7-24)4-5-17(16)29-12-19(25)23-20-15(11-22)14-2-1-3-18(14)30-20/h4-5,10H,1-3,6-9,12H2,(H,23,25). The number of rotatable bonds is 6. The predicted molar refractivity (Wildman–Crippen MR) is 116 cm³/mol. The fourth-order valence-corrected chi connectivity index (χ4v) is 6.60. The van der Waals surface area contributed by atoms with E-state index in [0.717, 1.165) is 29.7 Å². The van der Waals surface area contributed by atoms with Crippen LogP contribution in [0.3, 0.4) is 0 Å². The third-order valence-electron chi connectivity index (χ3n) is 5.16. The van der Waals surface area contributed by atoms with Gasteiger partial charge < -0.3 is 14.8 Å². The molecule has 164 valence electrons. The molecule has 0 atom stereocenters. The molecule has 0 bridgehead atoms. The molecule has 1 amide bonds. The van der Waals surface area contributed by atoms with Gasteiger partial charge in [-0.15, -0.1) is 11.3 Å². The molecule has 1 N–H and O–H groups in total. The van der Waals surface area contributed by atoms with Crippen LogP contribution in [0.15, 0.2) is 23.1 Å². The van der Waals surface area contributed by atoms with Crippen LogP contribution in [0.2, 0.25) is 5.02 Å². The maximum atomic E-state index is 12.7. The molecule has 2 aliphatic rings. The highest BCUT2D eigenvalue weighted by molar-refractivity contribution is 7.89. The zero-order valence-corrected chi connectivity index (χ0v) is 18.9. The van der Waals surface area contributed by atoms with Gasteiger partial charge in [-0.05, 0) is 43.0 Å². The van der Waals surface area contributed by atoms with Gasteiger partial charge in [0.2, 0.25) is 10.0 Å². The first-order valence-electron chi connectivity index (χ1n) is 9.75. The number of nitriles is 1. The van der Waals surface area contributed by atoms with Crippen LogP contribution in [-0.4, -0.2) is 51.5 Å². The Kier molecular flexibility index (Phi) is 6.50. The molecule has 4 rings (SSSR count). The number of hydrogen-bond donors (Lipinski definition) is 1. The molecule has 1 saturated heterocycles. The molecule has 1 aliphatic carbocycles. The van der Waals surface area contributed by atoms with Crippen molar-refractivity contribution in [1.29, 1.82) is 5.26 Å². The van der Waals surface area contributed by atoms with Crippen LogP contribution in [0.5, 0.6) is 5.75 Å². The van der Waals surface area contributed by atoms with Gasteiger partial charge in [-0.3, -0.25) is 4.79 Å². The number of hydrogen-bond acceptors (Lipinski definition) is 7. The van der Waals surface area contributed by atoms with E-state index in [0.29, 0.717) is 23.8 Å².